The Kier molecular flexibility index (Phi) is 3.68. The molecule has 6 nitrogen and oxygen atoms in total. The van der Waals surface area contributed by atoms with Crippen molar-refractivity contribution in [1.82, 2.24) is 19.7 Å². The van der Waals surface area contributed by atoms with Crippen LogP contribution in [0.25, 0.3) is 10.2 Å². The van der Waals surface area contributed by atoms with Crippen LogP contribution in [-0.4, -0.2) is 31.5 Å². The SMILES string of the molecule is Cc1sc2cnc(Nc3cnn(CCO)c3)nc2c1Br. The third kappa shape index (κ3) is 2.54. The van der Waals surface area contributed by atoms with Crippen LogP contribution in [0, 0.1) is 6.92 Å². The van der Waals surface area contributed by atoms with Crippen LogP contribution in [-0.2, 0) is 6.54 Å². The summed E-state index contributed by atoms with van der Waals surface area (Å²) in [5, 5.41) is 16.1. The van der Waals surface area contributed by atoms with Crippen LogP contribution in [0.5, 0.6) is 0 Å². The molecule has 0 aliphatic carbocycles. The molecular formula is C12H12BrN5OS. The number of thiophene rings is 1. The smallest absolute Gasteiger partial charge is 0.227 e. The fourth-order valence-electron chi connectivity index (χ4n) is 1.82. The van der Waals surface area contributed by atoms with Gasteiger partial charge in [0.1, 0.15) is 5.52 Å². The molecule has 0 amide bonds. The Balaban J connectivity index is 1.88. The van der Waals surface area contributed by atoms with E-state index in [0.717, 1.165) is 20.4 Å². The van der Waals surface area contributed by atoms with E-state index in [2.05, 4.69) is 36.3 Å². The van der Waals surface area contributed by atoms with Crippen molar-refractivity contribution in [2.24, 2.45) is 0 Å². The molecule has 0 fully saturated rings. The van der Waals surface area contributed by atoms with E-state index in [0.29, 0.717) is 12.5 Å². The van der Waals surface area contributed by atoms with Gasteiger partial charge in [-0.05, 0) is 22.9 Å². The molecule has 3 rings (SSSR count). The van der Waals surface area contributed by atoms with Gasteiger partial charge in [0, 0.05) is 11.1 Å². The molecule has 0 atom stereocenters. The molecule has 104 valence electrons. The van der Waals surface area contributed by atoms with Gasteiger partial charge >= 0.3 is 0 Å². The molecule has 20 heavy (non-hydrogen) atoms. The molecule has 0 unspecified atom stereocenters. The number of hydrogen-bond donors (Lipinski definition) is 2. The molecule has 2 N–H and O–H groups in total. The molecule has 3 aromatic heterocycles. The third-order valence-electron chi connectivity index (χ3n) is 2.75. The average molecular weight is 354 g/mol. The molecule has 0 aromatic carbocycles. The number of halogens is 1. The van der Waals surface area contributed by atoms with Crippen LogP contribution in [0.3, 0.4) is 0 Å². The number of aryl methyl sites for hydroxylation is 1. The number of nitrogens with one attached hydrogen (secondary N) is 1. The molecule has 0 bridgehead atoms. The minimum Gasteiger partial charge on any atom is -0.394 e. The van der Waals surface area contributed by atoms with Gasteiger partial charge in [-0.3, -0.25) is 4.68 Å². The standard InChI is InChI=1S/C12H12BrN5OS/c1-7-10(13)11-9(20-7)5-14-12(17-11)16-8-4-15-18(6-8)2-3-19/h4-6,19H,2-3H2,1H3,(H,14,16,17). The first-order valence-corrected chi connectivity index (χ1v) is 7.60. The predicted octanol–water partition coefficient (Wildman–Crippen LogP) is 2.69. The Morgan fingerprint density at radius 2 is 2.30 bits per heavy atom. The molecule has 3 aromatic rings. The summed E-state index contributed by atoms with van der Waals surface area (Å²) in [5.41, 5.74) is 1.70. The molecule has 0 saturated carbocycles. The highest BCUT2D eigenvalue weighted by Gasteiger charge is 2.10. The van der Waals surface area contributed by atoms with Gasteiger partial charge in [-0.2, -0.15) is 5.10 Å². The quantitative estimate of drug-likeness (QED) is 0.754. The van der Waals surface area contributed by atoms with Crippen molar-refractivity contribution >= 4 is 49.1 Å². The highest BCUT2D eigenvalue weighted by atomic mass is 79.9. The van der Waals surface area contributed by atoms with Gasteiger partial charge in [0.25, 0.3) is 0 Å². The van der Waals surface area contributed by atoms with Crippen molar-refractivity contribution in [2.75, 3.05) is 11.9 Å². The summed E-state index contributed by atoms with van der Waals surface area (Å²) in [4.78, 5) is 9.98. The van der Waals surface area contributed by atoms with Gasteiger partial charge in [0.2, 0.25) is 5.95 Å². The van der Waals surface area contributed by atoms with Crippen molar-refractivity contribution in [3.05, 3.63) is 27.9 Å². The number of hydrogen-bond acceptors (Lipinski definition) is 6. The first-order valence-electron chi connectivity index (χ1n) is 5.99. The average Bonchev–Trinajstić information content (AvgIpc) is 2.97. The summed E-state index contributed by atoms with van der Waals surface area (Å²) in [6, 6.07) is 0. The highest BCUT2D eigenvalue weighted by molar-refractivity contribution is 9.10. The lowest BCUT2D eigenvalue weighted by Gasteiger charge is -2.01. The lowest BCUT2D eigenvalue weighted by Crippen LogP contribution is -2.01. The lowest BCUT2D eigenvalue weighted by atomic mass is 10.4. The zero-order chi connectivity index (χ0) is 14.1. The number of fused-ring (bicyclic) bond motifs is 1. The largest absolute Gasteiger partial charge is 0.394 e. The number of aliphatic hydroxyl groups excluding tert-OH is 1. The summed E-state index contributed by atoms with van der Waals surface area (Å²) in [6.07, 6.45) is 5.29. The van der Waals surface area contributed by atoms with Crippen LogP contribution in [0.4, 0.5) is 11.6 Å². The minimum absolute atomic E-state index is 0.0602. The van der Waals surface area contributed by atoms with Crippen LogP contribution >= 0.6 is 27.3 Å². The molecule has 0 spiro atoms. The van der Waals surface area contributed by atoms with Gasteiger partial charge in [-0.15, -0.1) is 11.3 Å². The van der Waals surface area contributed by atoms with Gasteiger partial charge in [0.05, 0.1) is 40.4 Å². The van der Waals surface area contributed by atoms with E-state index in [-0.39, 0.29) is 6.61 Å². The Morgan fingerprint density at radius 1 is 1.45 bits per heavy atom. The Morgan fingerprint density at radius 3 is 3.10 bits per heavy atom. The lowest BCUT2D eigenvalue weighted by molar-refractivity contribution is 0.269. The number of aliphatic hydroxyl groups is 1. The van der Waals surface area contributed by atoms with E-state index >= 15 is 0 Å². The maximum atomic E-state index is 8.86. The van der Waals surface area contributed by atoms with E-state index in [9.17, 15) is 0 Å². The summed E-state index contributed by atoms with van der Waals surface area (Å²) >= 11 is 5.20. The molecule has 0 aliphatic rings. The van der Waals surface area contributed by atoms with E-state index in [1.807, 2.05) is 13.1 Å². The second-order valence-corrected chi connectivity index (χ2v) is 6.27. The van der Waals surface area contributed by atoms with Crippen molar-refractivity contribution in [1.29, 1.82) is 0 Å². The molecule has 0 radical (unpaired) electrons. The number of rotatable bonds is 4. The molecule has 8 heteroatoms. The Hall–Kier alpha value is -1.51. The minimum atomic E-state index is 0.0602. The predicted molar refractivity (Wildman–Crippen MR) is 82.4 cm³/mol. The first kappa shape index (κ1) is 13.5. The topological polar surface area (TPSA) is 75.9 Å². The number of aromatic nitrogens is 4. The maximum Gasteiger partial charge on any atom is 0.227 e. The van der Waals surface area contributed by atoms with E-state index < -0.39 is 0 Å². The zero-order valence-electron chi connectivity index (χ0n) is 10.7. The summed E-state index contributed by atoms with van der Waals surface area (Å²) in [5.74, 6) is 0.527. The number of anilines is 2. The maximum absolute atomic E-state index is 8.86. The van der Waals surface area contributed by atoms with Crippen LogP contribution in [0.15, 0.2) is 23.1 Å². The second kappa shape index (κ2) is 5.47. The van der Waals surface area contributed by atoms with Crippen LogP contribution in [0.1, 0.15) is 4.88 Å². The van der Waals surface area contributed by atoms with Crippen molar-refractivity contribution in [2.45, 2.75) is 13.5 Å². The van der Waals surface area contributed by atoms with Crippen molar-refractivity contribution in [3.8, 4) is 0 Å². The number of nitrogens with zero attached hydrogens (tertiary/aromatic N) is 4. The second-order valence-electron chi connectivity index (χ2n) is 4.22. The Labute approximate surface area is 127 Å². The van der Waals surface area contributed by atoms with Crippen LogP contribution in [0.2, 0.25) is 0 Å². The third-order valence-corrected chi connectivity index (χ3v) is 5.02. The van der Waals surface area contributed by atoms with E-state index in [4.69, 9.17) is 5.11 Å². The molecule has 0 saturated heterocycles. The first-order chi connectivity index (χ1) is 9.67. The summed E-state index contributed by atoms with van der Waals surface area (Å²) in [6.45, 7) is 2.57. The zero-order valence-corrected chi connectivity index (χ0v) is 13.1. The van der Waals surface area contributed by atoms with Crippen LogP contribution < -0.4 is 5.32 Å². The van der Waals surface area contributed by atoms with E-state index in [1.165, 1.54) is 4.88 Å². The monoisotopic (exact) mass is 353 g/mol. The highest BCUT2D eigenvalue weighted by Crippen LogP contribution is 2.33. The van der Waals surface area contributed by atoms with Crippen molar-refractivity contribution in [3.63, 3.8) is 0 Å². The molecule has 0 aliphatic heterocycles. The van der Waals surface area contributed by atoms with E-state index in [1.54, 1.807) is 28.4 Å². The normalized spacial score (nSPS) is 11.2. The van der Waals surface area contributed by atoms with Gasteiger partial charge in [0.15, 0.2) is 0 Å². The van der Waals surface area contributed by atoms with Gasteiger partial charge in [-0.25, -0.2) is 9.97 Å². The summed E-state index contributed by atoms with van der Waals surface area (Å²) < 4.78 is 3.72. The fourth-order valence-corrected chi connectivity index (χ4v) is 3.36. The van der Waals surface area contributed by atoms with Gasteiger partial charge < -0.3 is 10.4 Å². The summed E-state index contributed by atoms with van der Waals surface area (Å²) in [7, 11) is 0. The Bertz CT molecular complexity index is 753. The van der Waals surface area contributed by atoms with Crippen molar-refractivity contribution < 1.29 is 5.11 Å². The van der Waals surface area contributed by atoms with Gasteiger partial charge in [-0.1, -0.05) is 0 Å². The molecule has 3 heterocycles. The molecular weight excluding hydrogens is 342 g/mol. The fraction of sp³-hybridized carbons (Fsp3) is 0.250.